The zero-order valence-electron chi connectivity index (χ0n) is 10.6. The molecule has 20 heavy (non-hydrogen) atoms. The molecule has 8 nitrogen and oxygen atoms in total. The van der Waals surface area contributed by atoms with Gasteiger partial charge in [0.2, 0.25) is 0 Å². The van der Waals surface area contributed by atoms with Crippen LogP contribution in [-0.2, 0) is 4.74 Å². The molecule has 4 N–H and O–H groups in total. The Balaban J connectivity index is 2.09. The molecule has 8 heteroatoms. The third-order valence-corrected chi connectivity index (χ3v) is 3.59. The van der Waals surface area contributed by atoms with E-state index in [0.29, 0.717) is 17.0 Å². The molecule has 2 aromatic heterocycles. The second-order valence-electron chi connectivity index (χ2n) is 4.89. The molecule has 0 spiro atoms. The number of fused-ring (bicyclic) bond motifs is 1. The molecule has 0 aliphatic carbocycles. The van der Waals surface area contributed by atoms with E-state index in [1.54, 1.807) is 12.1 Å². The second kappa shape index (κ2) is 4.14. The summed E-state index contributed by atoms with van der Waals surface area (Å²) in [5.41, 5.74) is 5.33. The van der Waals surface area contributed by atoms with Crippen LogP contribution in [0.15, 0.2) is 18.5 Å². The minimum atomic E-state index is -1.47. The van der Waals surface area contributed by atoms with Crippen molar-refractivity contribution in [3.8, 4) is 6.07 Å². The van der Waals surface area contributed by atoms with Crippen LogP contribution in [0, 0.1) is 11.3 Å². The number of aliphatic hydroxyl groups is 2. The molecule has 3 rings (SSSR count). The summed E-state index contributed by atoms with van der Waals surface area (Å²) in [7, 11) is 0. The van der Waals surface area contributed by atoms with E-state index in [9.17, 15) is 10.2 Å². The minimum Gasteiger partial charge on any atom is -0.387 e. The fraction of sp³-hybridized carbons (Fsp3) is 0.417. The number of ether oxygens (including phenoxy) is 1. The van der Waals surface area contributed by atoms with Crippen LogP contribution < -0.4 is 5.73 Å². The quantitative estimate of drug-likeness (QED) is 0.632. The number of nitrogen functional groups attached to an aromatic ring is 1. The van der Waals surface area contributed by atoms with Crippen LogP contribution >= 0.6 is 0 Å². The highest BCUT2D eigenvalue weighted by molar-refractivity contribution is 5.65. The Morgan fingerprint density at radius 3 is 2.90 bits per heavy atom. The van der Waals surface area contributed by atoms with Crippen molar-refractivity contribution in [3.63, 3.8) is 0 Å². The van der Waals surface area contributed by atoms with Gasteiger partial charge < -0.3 is 20.7 Å². The average Bonchev–Trinajstić information content (AvgIpc) is 2.96. The van der Waals surface area contributed by atoms with Gasteiger partial charge in [-0.3, -0.25) is 0 Å². The first kappa shape index (κ1) is 12.8. The number of nitrogens with two attached hydrogens (primary N) is 1. The van der Waals surface area contributed by atoms with Crippen molar-refractivity contribution >= 4 is 11.3 Å². The fourth-order valence-electron chi connectivity index (χ4n) is 2.41. The van der Waals surface area contributed by atoms with Gasteiger partial charge in [0.1, 0.15) is 36.2 Å². The van der Waals surface area contributed by atoms with E-state index in [1.807, 2.05) is 6.07 Å². The molecule has 4 atom stereocenters. The molecule has 3 heterocycles. The lowest BCUT2D eigenvalue weighted by atomic mass is 9.97. The van der Waals surface area contributed by atoms with Crippen LogP contribution in [-0.4, -0.2) is 42.6 Å². The van der Waals surface area contributed by atoms with Gasteiger partial charge in [-0.1, -0.05) is 0 Å². The summed E-state index contributed by atoms with van der Waals surface area (Å²) in [4.78, 5) is 3.87. The Morgan fingerprint density at radius 1 is 1.50 bits per heavy atom. The number of nitrogens with zero attached hydrogens (tertiary/aromatic N) is 4. The van der Waals surface area contributed by atoms with Crippen molar-refractivity contribution in [2.75, 3.05) is 5.73 Å². The molecule has 0 aromatic carbocycles. The summed E-state index contributed by atoms with van der Waals surface area (Å²) in [5.74, 6) is 0.294. The molecule has 1 saturated heterocycles. The van der Waals surface area contributed by atoms with E-state index in [2.05, 4.69) is 10.1 Å². The second-order valence-corrected chi connectivity index (χ2v) is 4.89. The first-order valence-corrected chi connectivity index (χ1v) is 6.01. The average molecular weight is 275 g/mol. The molecule has 1 aliphatic heterocycles. The lowest BCUT2D eigenvalue weighted by Crippen LogP contribution is -2.38. The van der Waals surface area contributed by atoms with Crippen LogP contribution in [0.2, 0.25) is 0 Å². The molecule has 1 aliphatic rings. The molecule has 0 amide bonds. The molecule has 0 bridgehead atoms. The van der Waals surface area contributed by atoms with Crippen LogP contribution in [0.1, 0.15) is 18.7 Å². The molecule has 1 unspecified atom stereocenters. The van der Waals surface area contributed by atoms with Crippen molar-refractivity contribution in [2.45, 2.75) is 30.8 Å². The Bertz CT molecular complexity index is 709. The number of anilines is 1. The van der Waals surface area contributed by atoms with Gasteiger partial charge in [-0.15, -0.1) is 0 Å². The van der Waals surface area contributed by atoms with Gasteiger partial charge in [-0.25, -0.2) is 9.50 Å². The minimum absolute atomic E-state index is 0.294. The number of aromatic nitrogens is 3. The first-order valence-electron chi connectivity index (χ1n) is 6.01. The van der Waals surface area contributed by atoms with Gasteiger partial charge in [-0.05, 0) is 19.1 Å². The summed E-state index contributed by atoms with van der Waals surface area (Å²) in [5, 5.41) is 33.2. The maximum absolute atomic E-state index is 10.1. The smallest absolute Gasteiger partial charge is 0.180 e. The van der Waals surface area contributed by atoms with Crippen molar-refractivity contribution in [3.05, 3.63) is 24.2 Å². The highest BCUT2D eigenvalue weighted by Gasteiger charge is 2.53. The molecule has 1 fully saturated rings. The van der Waals surface area contributed by atoms with Gasteiger partial charge in [0.05, 0.1) is 5.69 Å². The highest BCUT2D eigenvalue weighted by Crippen LogP contribution is 2.40. The van der Waals surface area contributed by atoms with E-state index < -0.39 is 23.9 Å². The normalized spacial score (nSPS) is 33.4. The molecule has 104 valence electrons. The van der Waals surface area contributed by atoms with Crippen molar-refractivity contribution in [1.82, 2.24) is 14.6 Å². The number of aliphatic hydroxyl groups excluding tert-OH is 2. The first-order chi connectivity index (χ1) is 9.48. The number of hydrogen-bond donors (Lipinski definition) is 3. The summed E-state index contributed by atoms with van der Waals surface area (Å²) in [6, 6.07) is 5.23. The monoisotopic (exact) mass is 275 g/mol. The van der Waals surface area contributed by atoms with Crippen LogP contribution in [0.25, 0.3) is 5.52 Å². The van der Waals surface area contributed by atoms with Gasteiger partial charge in [0, 0.05) is 0 Å². The predicted molar refractivity (Wildman–Crippen MR) is 67.3 cm³/mol. The number of rotatable bonds is 1. The maximum Gasteiger partial charge on any atom is 0.180 e. The summed E-state index contributed by atoms with van der Waals surface area (Å²) >= 11 is 0. The summed E-state index contributed by atoms with van der Waals surface area (Å²) in [6.07, 6.45) is -2.12. The molecular formula is C12H13N5O3. The Labute approximate surface area is 114 Å². The third kappa shape index (κ3) is 1.58. The number of hydrogen-bond acceptors (Lipinski definition) is 7. The highest BCUT2D eigenvalue weighted by atomic mass is 16.6. The molecule has 0 radical (unpaired) electrons. The van der Waals surface area contributed by atoms with E-state index in [4.69, 9.17) is 15.7 Å². The third-order valence-electron chi connectivity index (χ3n) is 3.59. The van der Waals surface area contributed by atoms with E-state index in [-0.39, 0.29) is 0 Å². The largest absolute Gasteiger partial charge is 0.387 e. The SMILES string of the molecule is C[C@]1(C#N)OC(c2ccc3c(N)ncnn23)[C@H](O)[C@@H]1O. The predicted octanol–water partition coefficient (Wildman–Crippen LogP) is -0.613. The molecule has 2 aromatic rings. The molecular weight excluding hydrogens is 262 g/mol. The zero-order valence-corrected chi connectivity index (χ0v) is 10.6. The van der Waals surface area contributed by atoms with Crippen molar-refractivity contribution in [1.29, 1.82) is 5.26 Å². The van der Waals surface area contributed by atoms with Crippen LogP contribution in [0.3, 0.4) is 0 Å². The maximum atomic E-state index is 10.1. The fourth-order valence-corrected chi connectivity index (χ4v) is 2.41. The Hall–Kier alpha value is -2.21. The zero-order chi connectivity index (χ0) is 14.5. The van der Waals surface area contributed by atoms with Gasteiger partial charge in [-0.2, -0.15) is 10.4 Å². The number of nitriles is 1. The Kier molecular flexibility index (Phi) is 2.65. The molecule has 0 saturated carbocycles. The van der Waals surface area contributed by atoms with E-state index in [0.717, 1.165) is 0 Å². The summed E-state index contributed by atoms with van der Waals surface area (Å²) < 4.78 is 7.01. The van der Waals surface area contributed by atoms with Crippen molar-refractivity contribution in [2.24, 2.45) is 0 Å². The van der Waals surface area contributed by atoms with E-state index >= 15 is 0 Å². The topological polar surface area (TPSA) is 130 Å². The lowest BCUT2D eigenvalue weighted by Gasteiger charge is -2.18. The van der Waals surface area contributed by atoms with Crippen molar-refractivity contribution < 1.29 is 14.9 Å². The summed E-state index contributed by atoms with van der Waals surface area (Å²) in [6.45, 7) is 1.43. The van der Waals surface area contributed by atoms with Gasteiger partial charge in [0.15, 0.2) is 11.4 Å². The van der Waals surface area contributed by atoms with Crippen LogP contribution in [0.4, 0.5) is 5.82 Å². The Morgan fingerprint density at radius 2 is 2.25 bits per heavy atom. The van der Waals surface area contributed by atoms with Gasteiger partial charge >= 0.3 is 0 Å². The van der Waals surface area contributed by atoms with E-state index in [1.165, 1.54) is 17.8 Å². The van der Waals surface area contributed by atoms with Crippen LogP contribution in [0.5, 0.6) is 0 Å². The lowest BCUT2D eigenvalue weighted by molar-refractivity contribution is -0.0320. The standard InChI is InChI=1S/C12H13N5O3/c1-12(4-13)10(19)8(18)9(20-12)6-2-3-7-11(14)15-5-16-17(6)7/h2-3,5,8-10,18-19H,1H3,(H2,14,15,16)/t8-,9?,10-,12+/m0/s1. The van der Waals surface area contributed by atoms with Gasteiger partial charge in [0.25, 0.3) is 0 Å².